The summed E-state index contributed by atoms with van der Waals surface area (Å²) in [5.41, 5.74) is 0. The zero-order valence-electron chi connectivity index (χ0n) is 7.59. The molecule has 72 valence electrons. The van der Waals surface area contributed by atoms with Crippen molar-refractivity contribution in [3.8, 4) is 11.5 Å². The summed E-state index contributed by atoms with van der Waals surface area (Å²) >= 11 is 0. The molecule has 0 aliphatic rings. The van der Waals surface area contributed by atoms with E-state index in [1.54, 1.807) is 0 Å². The monoisotopic (exact) mass is 190 g/mol. The number of halogens is 1. The fourth-order valence-corrected chi connectivity index (χ4v) is 1.11. The number of rotatable bonds is 2. The van der Waals surface area contributed by atoms with Crippen LogP contribution in [0.1, 0.15) is 0 Å². The van der Waals surface area contributed by atoms with Gasteiger partial charge in [-0.15, -0.1) is 0 Å². The quantitative estimate of drug-likeness (QED) is 0.702. The van der Waals surface area contributed by atoms with Gasteiger partial charge in [0.25, 0.3) is 0 Å². The van der Waals surface area contributed by atoms with Gasteiger partial charge < -0.3 is 4.74 Å². The molecule has 0 aliphatic heterocycles. The lowest BCUT2D eigenvalue weighted by Gasteiger charge is -2.03. The summed E-state index contributed by atoms with van der Waals surface area (Å²) in [6, 6.07) is 19.5. The molecule has 0 unspecified atom stereocenters. The highest BCUT2D eigenvalue weighted by molar-refractivity contribution is 5.30. The molecule has 0 fully saturated rings. The number of hydrogen-bond donors (Lipinski definition) is 0. The molecular formula is C12H11FO. The van der Waals surface area contributed by atoms with E-state index in [1.165, 1.54) is 0 Å². The number of para-hydroxylation sites is 2. The normalized spacial score (nSPS) is 8.86. The summed E-state index contributed by atoms with van der Waals surface area (Å²) in [5, 5.41) is 0. The maximum atomic E-state index is 5.58. The Balaban J connectivity index is 0.000000980. The van der Waals surface area contributed by atoms with Gasteiger partial charge in [-0.3, -0.25) is 4.70 Å². The maximum Gasteiger partial charge on any atom is 0.127 e. The van der Waals surface area contributed by atoms with Crippen LogP contribution in [-0.2, 0) is 0 Å². The molecule has 0 radical (unpaired) electrons. The standard InChI is InChI=1S/C12H10O.FH/c1-3-7-11(8-4-1)13-12-9-5-2-6-10-12;/h1-10H;1H. The lowest BCUT2D eigenvalue weighted by Crippen LogP contribution is -1.81. The maximum absolute atomic E-state index is 5.58. The molecule has 0 saturated carbocycles. The van der Waals surface area contributed by atoms with E-state index in [2.05, 4.69) is 0 Å². The van der Waals surface area contributed by atoms with Crippen LogP contribution in [0.5, 0.6) is 11.5 Å². The van der Waals surface area contributed by atoms with Gasteiger partial charge >= 0.3 is 0 Å². The highest BCUT2D eigenvalue weighted by Crippen LogP contribution is 2.19. The second-order valence-electron chi connectivity index (χ2n) is 2.73. The Morgan fingerprint density at radius 3 is 1.29 bits per heavy atom. The molecule has 0 spiro atoms. The van der Waals surface area contributed by atoms with Crippen LogP contribution in [0.15, 0.2) is 60.7 Å². The molecule has 2 aromatic carbocycles. The molecule has 0 aromatic heterocycles. The zero-order valence-corrected chi connectivity index (χ0v) is 7.59. The Bertz CT molecular complexity index is 321. The third-order valence-corrected chi connectivity index (χ3v) is 1.72. The SMILES string of the molecule is F.c1ccc(Oc2ccccc2)cc1. The average Bonchev–Trinajstić information content (AvgIpc) is 2.21. The van der Waals surface area contributed by atoms with Gasteiger partial charge in [0.1, 0.15) is 11.5 Å². The number of ether oxygens (including phenoxy) is 1. The molecular weight excluding hydrogens is 179 g/mol. The Morgan fingerprint density at radius 1 is 0.571 bits per heavy atom. The average molecular weight is 190 g/mol. The van der Waals surface area contributed by atoms with E-state index in [-0.39, 0.29) is 4.70 Å². The Kier molecular flexibility index (Phi) is 3.68. The first-order chi connectivity index (χ1) is 6.45. The first kappa shape index (κ1) is 10.3. The smallest absolute Gasteiger partial charge is 0.127 e. The highest BCUT2D eigenvalue weighted by atomic mass is 19.0. The molecule has 0 N–H and O–H groups in total. The van der Waals surface area contributed by atoms with Gasteiger partial charge in [-0.25, -0.2) is 0 Å². The predicted octanol–water partition coefficient (Wildman–Crippen LogP) is 3.63. The third kappa shape index (κ3) is 2.59. The molecule has 2 aromatic rings. The molecule has 0 atom stereocenters. The first-order valence-corrected chi connectivity index (χ1v) is 4.23. The summed E-state index contributed by atoms with van der Waals surface area (Å²) in [4.78, 5) is 0. The minimum absolute atomic E-state index is 0. The predicted molar refractivity (Wildman–Crippen MR) is 55.5 cm³/mol. The van der Waals surface area contributed by atoms with Gasteiger partial charge in [-0.05, 0) is 24.3 Å². The summed E-state index contributed by atoms with van der Waals surface area (Å²) in [6.45, 7) is 0. The van der Waals surface area contributed by atoms with Crippen molar-refractivity contribution in [1.82, 2.24) is 0 Å². The molecule has 0 saturated heterocycles. The lowest BCUT2D eigenvalue weighted by atomic mass is 10.3. The van der Waals surface area contributed by atoms with E-state index in [0.717, 1.165) is 11.5 Å². The Morgan fingerprint density at radius 2 is 0.929 bits per heavy atom. The third-order valence-electron chi connectivity index (χ3n) is 1.72. The van der Waals surface area contributed by atoms with E-state index in [0.29, 0.717) is 0 Å². The van der Waals surface area contributed by atoms with Crippen molar-refractivity contribution < 1.29 is 9.44 Å². The van der Waals surface area contributed by atoms with E-state index >= 15 is 0 Å². The molecule has 0 aliphatic carbocycles. The van der Waals surface area contributed by atoms with Crippen LogP contribution >= 0.6 is 0 Å². The molecule has 2 heteroatoms. The van der Waals surface area contributed by atoms with Crippen molar-refractivity contribution >= 4 is 0 Å². The van der Waals surface area contributed by atoms with E-state index in [1.807, 2.05) is 60.7 Å². The van der Waals surface area contributed by atoms with Crippen LogP contribution in [0, 0.1) is 0 Å². The van der Waals surface area contributed by atoms with Gasteiger partial charge in [0.05, 0.1) is 0 Å². The topological polar surface area (TPSA) is 9.23 Å². The van der Waals surface area contributed by atoms with Crippen molar-refractivity contribution in [2.75, 3.05) is 0 Å². The summed E-state index contributed by atoms with van der Waals surface area (Å²) in [7, 11) is 0. The summed E-state index contributed by atoms with van der Waals surface area (Å²) in [6.07, 6.45) is 0. The zero-order chi connectivity index (χ0) is 8.93. The fourth-order valence-electron chi connectivity index (χ4n) is 1.11. The van der Waals surface area contributed by atoms with Crippen molar-refractivity contribution in [2.24, 2.45) is 0 Å². The largest absolute Gasteiger partial charge is 0.457 e. The summed E-state index contributed by atoms with van der Waals surface area (Å²) < 4.78 is 5.58. The van der Waals surface area contributed by atoms with Crippen LogP contribution in [0.25, 0.3) is 0 Å². The van der Waals surface area contributed by atoms with Crippen LogP contribution in [0.4, 0.5) is 4.70 Å². The van der Waals surface area contributed by atoms with Crippen molar-refractivity contribution in [3.05, 3.63) is 60.7 Å². The first-order valence-electron chi connectivity index (χ1n) is 4.23. The highest BCUT2D eigenvalue weighted by Gasteiger charge is 1.92. The molecule has 0 amide bonds. The Labute approximate surface area is 82.3 Å². The fraction of sp³-hybridized carbons (Fsp3) is 0. The van der Waals surface area contributed by atoms with E-state index in [4.69, 9.17) is 4.74 Å². The van der Waals surface area contributed by atoms with Crippen molar-refractivity contribution in [1.29, 1.82) is 0 Å². The van der Waals surface area contributed by atoms with E-state index in [9.17, 15) is 0 Å². The second kappa shape index (κ2) is 5.02. The van der Waals surface area contributed by atoms with Crippen LogP contribution in [0.2, 0.25) is 0 Å². The van der Waals surface area contributed by atoms with Gasteiger partial charge in [0, 0.05) is 0 Å². The molecule has 14 heavy (non-hydrogen) atoms. The van der Waals surface area contributed by atoms with Crippen LogP contribution in [0.3, 0.4) is 0 Å². The number of hydrogen-bond acceptors (Lipinski definition) is 1. The van der Waals surface area contributed by atoms with Crippen LogP contribution < -0.4 is 4.74 Å². The van der Waals surface area contributed by atoms with Crippen molar-refractivity contribution in [2.45, 2.75) is 0 Å². The molecule has 0 bridgehead atoms. The second-order valence-corrected chi connectivity index (χ2v) is 2.73. The molecule has 0 heterocycles. The van der Waals surface area contributed by atoms with Crippen LogP contribution in [-0.4, -0.2) is 0 Å². The number of benzene rings is 2. The lowest BCUT2D eigenvalue weighted by molar-refractivity contribution is 0.482. The minimum Gasteiger partial charge on any atom is -0.457 e. The van der Waals surface area contributed by atoms with Gasteiger partial charge in [-0.2, -0.15) is 0 Å². The minimum atomic E-state index is 0. The Hall–Kier alpha value is -1.83. The van der Waals surface area contributed by atoms with Crippen molar-refractivity contribution in [3.63, 3.8) is 0 Å². The van der Waals surface area contributed by atoms with Gasteiger partial charge in [0.2, 0.25) is 0 Å². The molecule has 2 rings (SSSR count). The van der Waals surface area contributed by atoms with Gasteiger partial charge in [0.15, 0.2) is 0 Å². The van der Waals surface area contributed by atoms with Gasteiger partial charge in [-0.1, -0.05) is 36.4 Å². The van der Waals surface area contributed by atoms with E-state index < -0.39 is 0 Å². The summed E-state index contributed by atoms with van der Waals surface area (Å²) in [5.74, 6) is 1.74. The molecule has 1 nitrogen and oxygen atoms in total.